The number of amides is 4. The predicted octanol–water partition coefficient (Wildman–Crippen LogP) is 1.26. The number of aromatic nitrogens is 2. The molecule has 0 bridgehead atoms. The Hall–Kier alpha value is -5.18. The molecule has 2 unspecified atom stereocenters. The van der Waals surface area contributed by atoms with E-state index in [2.05, 4.69) is 21.3 Å². The molecule has 14 nitrogen and oxygen atoms in total. The van der Waals surface area contributed by atoms with E-state index in [0.29, 0.717) is 72.1 Å². The first-order valence-electron chi connectivity index (χ1n) is 16.7. The molecule has 2 aromatic heterocycles. The molecule has 7 rings (SSSR count). The second-order valence-electron chi connectivity index (χ2n) is 13.3. The highest BCUT2D eigenvalue weighted by atomic mass is 19.1. The maximum absolute atomic E-state index is 15.2. The second kappa shape index (κ2) is 12.9. The lowest BCUT2D eigenvalue weighted by molar-refractivity contribution is -0.148. The van der Waals surface area contributed by atoms with Crippen LogP contribution in [-0.2, 0) is 53.0 Å². The monoisotopic (exact) mass is 688 g/mol. The Labute approximate surface area is 285 Å². The largest absolute Gasteiger partial charge is 0.460 e. The number of halogens is 1. The second-order valence-corrected chi connectivity index (χ2v) is 13.3. The Balaban J connectivity index is 1.13. The van der Waals surface area contributed by atoms with Crippen molar-refractivity contribution in [1.82, 2.24) is 30.8 Å². The fourth-order valence-electron chi connectivity index (χ4n) is 7.44. The lowest BCUT2D eigenvalue weighted by Gasteiger charge is -2.31. The van der Waals surface area contributed by atoms with Gasteiger partial charge in [0.25, 0.3) is 5.56 Å². The van der Waals surface area contributed by atoms with Crippen LogP contribution in [0.2, 0.25) is 0 Å². The van der Waals surface area contributed by atoms with Crippen molar-refractivity contribution in [3.05, 3.63) is 61.7 Å². The van der Waals surface area contributed by atoms with Gasteiger partial charge in [-0.05, 0) is 67.3 Å². The van der Waals surface area contributed by atoms with E-state index in [1.54, 1.807) is 11.5 Å². The van der Waals surface area contributed by atoms with Crippen molar-refractivity contribution >= 4 is 41.0 Å². The number of nitrogens with one attached hydrogen (secondary N) is 4. The first kappa shape index (κ1) is 33.3. The van der Waals surface area contributed by atoms with E-state index in [1.807, 2.05) is 13.0 Å². The van der Waals surface area contributed by atoms with Gasteiger partial charge in [0.1, 0.15) is 19.2 Å². The zero-order chi connectivity index (χ0) is 35.3. The first-order valence-corrected chi connectivity index (χ1v) is 16.7. The minimum Gasteiger partial charge on any atom is -0.460 e. The Morgan fingerprint density at radius 3 is 2.64 bits per heavy atom. The zero-order valence-corrected chi connectivity index (χ0v) is 27.7. The highest BCUT2D eigenvalue weighted by Gasteiger charge is 2.51. The Morgan fingerprint density at radius 2 is 1.90 bits per heavy atom. The van der Waals surface area contributed by atoms with Crippen LogP contribution >= 0.6 is 0 Å². The highest BCUT2D eigenvalue weighted by Crippen LogP contribution is 2.49. The van der Waals surface area contributed by atoms with Crippen LogP contribution in [0, 0.1) is 18.2 Å². The molecular weight excluding hydrogens is 651 g/mol. The van der Waals surface area contributed by atoms with E-state index in [4.69, 9.17) is 14.5 Å². The number of fused-ring (bicyclic) bond motifs is 5. The number of esters is 1. The van der Waals surface area contributed by atoms with Gasteiger partial charge in [0.2, 0.25) is 24.1 Å². The number of nitrogens with zero attached hydrogens (tertiary/aromatic N) is 2. The number of carbonyl (C=O) groups is 5. The number of carbonyl (C=O) groups excluding carboxylic acids is 5. The number of aryl methyl sites for hydroxylation is 1. The third kappa shape index (κ3) is 5.68. The van der Waals surface area contributed by atoms with Crippen molar-refractivity contribution in [3.63, 3.8) is 0 Å². The van der Waals surface area contributed by atoms with Gasteiger partial charge < -0.3 is 35.3 Å². The van der Waals surface area contributed by atoms with E-state index in [-0.39, 0.29) is 62.8 Å². The number of hydrogen-bond acceptors (Lipinski definition) is 9. The molecule has 4 aliphatic rings. The van der Waals surface area contributed by atoms with E-state index < -0.39 is 29.2 Å². The fourth-order valence-corrected chi connectivity index (χ4v) is 7.44. The summed E-state index contributed by atoms with van der Waals surface area (Å²) in [5, 5.41) is 11.1. The molecule has 2 atom stereocenters. The quantitative estimate of drug-likeness (QED) is 0.0736. The van der Waals surface area contributed by atoms with E-state index in [0.717, 1.165) is 22.1 Å². The molecule has 2 aliphatic carbocycles. The highest BCUT2D eigenvalue weighted by molar-refractivity contribution is 5.94. The first-order chi connectivity index (χ1) is 24.1. The Kier molecular flexibility index (Phi) is 8.62. The summed E-state index contributed by atoms with van der Waals surface area (Å²) in [4.78, 5) is 79.1. The molecule has 50 heavy (non-hydrogen) atoms. The molecule has 4 amide bonds. The number of pyridine rings is 2. The SMILES string of the molecule is CCC1C(=O)OCc2c1cc1n(c2=O)Cc2c-1nc1cc(F)c(C)c3c1c2C(NC(=O)C1(COCNC(=O)CNC(=O)CNC=O)CC1)CC3. The van der Waals surface area contributed by atoms with Crippen molar-refractivity contribution in [2.24, 2.45) is 5.41 Å². The molecule has 262 valence electrons. The van der Waals surface area contributed by atoms with Gasteiger partial charge in [0, 0.05) is 17.0 Å². The minimum absolute atomic E-state index is 0.0675. The molecule has 0 radical (unpaired) electrons. The van der Waals surface area contributed by atoms with Crippen LogP contribution in [0.1, 0.15) is 77.9 Å². The van der Waals surface area contributed by atoms with Gasteiger partial charge in [-0.2, -0.15) is 0 Å². The lowest BCUT2D eigenvalue weighted by Crippen LogP contribution is -2.42. The Bertz CT molecular complexity index is 2040. The fraction of sp³-hybridized carbons (Fsp3) is 0.457. The maximum atomic E-state index is 15.2. The average molecular weight is 689 g/mol. The van der Waals surface area contributed by atoms with Gasteiger partial charge in [-0.3, -0.25) is 28.8 Å². The lowest BCUT2D eigenvalue weighted by atomic mass is 9.81. The Morgan fingerprint density at radius 1 is 1.12 bits per heavy atom. The normalized spacial score (nSPS) is 19.1. The van der Waals surface area contributed by atoms with Crippen molar-refractivity contribution in [2.75, 3.05) is 26.4 Å². The van der Waals surface area contributed by atoms with Gasteiger partial charge in [-0.15, -0.1) is 0 Å². The van der Waals surface area contributed by atoms with Crippen molar-refractivity contribution < 1.29 is 37.8 Å². The predicted molar refractivity (Wildman–Crippen MR) is 175 cm³/mol. The molecule has 4 N–H and O–H groups in total. The van der Waals surface area contributed by atoms with E-state index in [9.17, 15) is 28.8 Å². The topological polar surface area (TPSA) is 187 Å². The van der Waals surface area contributed by atoms with Crippen molar-refractivity contribution in [3.8, 4) is 11.4 Å². The smallest absolute Gasteiger partial charge is 0.313 e. The molecule has 2 aliphatic heterocycles. The number of hydrogen-bond donors (Lipinski definition) is 4. The molecule has 4 heterocycles. The van der Waals surface area contributed by atoms with Gasteiger partial charge in [-0.1, -0.05) is 6.92 Å². The third-order valence-electron chi connectivity index (χ3n) is 10.4. The maximum Gasteiger partial charge on any atom is 0.313 e. The van der Waals surface area contributed by atoms with Gasteiger partial charge in [0.05, 0.1) is 66.1 Å². The molecule has 15 heteroatoms. The van der Waals surface area contributed by atoms with Crippen LogP contribution in [-0.4, -0.2) is 66.1 Å². The molecule has 1 saturated carbocycles. The number of cyclic esters (lactones) is 1. The number of ether oxygens (including phenoxy) is 2. The van der Waals surface area contributed by atoms with Gasteiger partial charge in [-0.25, -0.2) is 9.37 Å². The summed E-state index contributed by atoms with van der Waals surface area (Å²) in [5.74, 6) is -2.52. The standard InChI is InChI=1S/C35H37FN6O8/c1-3-18-20-8-26-31-21(12-42(26)32(46)22(20)13-50-33(18)47)30-24(5-4-19-17(2)23(36)9-25(40-31)29(19)30)41-34(48)35(6-7-35)14-49-16-39-28(45)11-38-27(44)10-37-15-43/h8-9,15,18,24H,3-7,10-14,16H2,1-2H3,(H,37,43)(H,38,44)(H,39,45)(H,41,48). The molecule has 1 fully saturated rings. The summed E-state index contributed by atoms with van der Waals surface area (Å²) < 4.78 is 27.9. The van der Waals surface area contributed by atoms with Crippen LogP contribution in [0.3, 0.4) is 0 Å². The van der Waals surface area contributed by atoms with Crippen LogP contribution in [0.5, 0.6) is 0 Å². The summed E-state index contributed by atoms with van der Waals surface area (Å²) in [7, 11) is 0. The summed E-state index contributed by atoms with van der Waals surface area (Å²) >= 11 is 0. The van der Waals surface area contributed by atoms with E-state index in [1.165, 1.54) is 6.07 Å². The minimum atomic E-state index is -0.783. The summed E-state index contributed by atoms with van der Waals surface area (Å²) in [6.07, 6.45) is 3.07. The zero-order valence-electron chi connectivity index (χ0n) is 27.7. The molecule has 1 aromatic carbocycles. The van der Waals surface area contributed by atoms with Crippen LogP contribution < -0.4 is 26.8 Å². The molecule has 3 aromatic rings. The van der Waals surface area contributed by atoms with Crippen LogP contribution in [0.15, 0.2) is 16.9 Å². The number of rotatable bonds is 12. The summed E-state index contributed by atoms with van der Waals surface area (Å²) in [6, 6.07) is 2.81. The molecular formula is C35H37FN6O8. The summed E-state index contributed by atoms with van der Waals surface area (Å²) in [5.41, 5.74) is 4.54. The van der Waals surface area contributed by atoms with Crippen LogP contribution in [0.4, 0.5) is 4.39 Å². The van der Waals surface area contributed by atoms with Gasteiger partial charge in [0.15, 0.2) is 0 Å². The molecule has 0 saturated heterocycles. The summed E-state index contributed by atoms with van der Waals surface area (Å²) in [6.45, 7) is 3.08. The van der Waals surface area contributed by atoms with Crippen LogP contribution in [0.25, 0.3) is 22.3 Å². The molecule has 0 spiro atoms. The third-order valence-corrected chi connectivity index (χ3v) is 10.4. The average Bonchev–Trinajstić information content (AvgIpc) is 3.81. The number of benzene rings is 1. The van der Waals surface area contributed by atoms with E-state index >= 15 is 4.39 Å². The van der Waals surface area contributed by atoms with Crippen molar-refractivity contribution in [2.45, 2.75) is 71.1 Å². The van der Waals surface area contributed by atoms with Gasteiger partial charge >= 0.3 is 5.97 Å². The van der Waals surface area contributed by atoms with Crippen molar-refractivity contribution in [1.29, 1.82) is 0 Å².